The number of carbonyl (C=O) groups excluding carboxylic acids is 1. The number of ketones is 1. The van der Waals surface area contributed by atoms with E-state index in [1.54, 1.807) is 0 Å². The molecule has 1 aliphatic heterocycles. The maximum Gasteiger partial charge on any atom is 0.149 e. The van der Waals surface area contributed by atoms with Crippen LogP contribution in [0.25, 0.3) is 0 Å². The molecule has 0 aromatic carbocycles. The number of rotatable bonds is 3. The second kappa shape index (κ2) is 4.23. The Kier molecular flexibility index (Phi) is 3.48. The Morgan fingerprint density at radius 1 is 1.46 bits per heavy atom. The first-order chi connectivity index (χ1) is 6.00. The van der Waals surface area contributed by atoms with Crippen molar-refractivity contribution >= 4 is 5.78 Å². The molecule has 2 nitrogen and oxygen atoms in total. The summed E-state index contributed by atoms with van der Waals surface area (Å²) in [6.07, 6.45) is 1.24. The van der Waals surface area contributed by atoms with E-state index >= 15 is 0 Å². The van der Waals surface area contributed by atoms with E-state index in [2.05, 4.69) is 18.7 Å². The summed E-state index contributed by atoms with van der Waals surface area (Å²) >= 11 is 0. The van der Waals surface area contributed by atoms with Crippen molar-refractivity contribution in [2.45, 2.75) is 40.2 Å². The summed E-state index contributed by atoms with van der Waals surface area (Å²) < 4.78 is 0. The average molecular weight is 183 g/mol. The highest BCUT2D eigenvalue weighted by atomic mass is 16.1. The summed E-state index contributed by atoms with van der Waals surface area (Å²) in [6.45, 7) is 10.2. The summed E-state index contributed by atoms with van der Waals surface area (Å²) in [7, 11) is 0. The lowest BCUT2D eigenvalue weighted by Gasteiger charge is -2.20. The third-order valence-corrected chi connectivity index (χ3v) is 2.92. The maximum absolute atomic E-state index is 11.5. The summed E-state index contributed by atoms with van der Waals surface area (Å²) in [4.78, 5) is 13.8. The first-order valence-electron chi connectivity index (χ1n) is 5.27. The summed E-state index contributed by atoms with van der Waals surface area (Å²) in [6, 6.07) is 0.595. The zero-order valence-electron chi connectivity index (χ0n) is 9.21. The van der Waals surface area contributed by atoms with Crippen LogP contribution in [0.4, 0.5) is 0 Å². The van der Waals surface area contributed by atoms with Crippen molar-refractivity contribution in [3.05, 3.63) is 0 Å². The molecule has 2 atom stereocenters. The molecule has 1 rings (SSSR count). The van der Waals surface area contributed by atoms with Crippen molar-refractivity contribution in [3.8, 4) is 0 Å². The largest absolute Gasteiger partial charge is 0.298 e. The first kappa shape index (κ1) is 10.7. The van der Waals surface area contributed by atoms with Crippen LogP contribution in [0.2, 0.25) is 0 Å². The maximum atomic E-state index is 11.5. The van der Waals surface area contributed by atoms with Crippen molar-refractivity contribution < 1.29 is 4.79 Å². The van der Waals surface area contributed by atoms with Gasteiger partial charge in [0.25, 0.3) is 0 Å². The highest BCUT2D eigenvalue weighted by Gasteiger charge is 2.27. The van der Waals surface area contributed by atoms with Crippen molar-refractivity contribution in [1.29, 1.82) is 0 Å². The fraction of sp³-hybridized carbons (Fsp3) is 0.909. The molecule has 0 saturated carbocycles. The third kappa shape index (κ3) is 2.80. The van der Waals surface area contributed by atoms with Gasteiger partial charge >= 0.3 is 0 Å². The van der Waals surface area contributed by atoms with Crippen LogP contribution in [0.3, 0.4) is 0 Å². The van der Waals surface area contributed by atoms with Crippen LogP contribution in [0.1, 0.15) is 34.1 Å². The molecule has 0 radical (unpaired) electrons. The summed E-state index contributed by atoms with van der Waals surface area (Å²) in [5.74, 6) is 1.32. The number of carbonyl (C=O) groups is 1. The molecule has 13 heavy (non-hydrogen) atoms. The number of Topliss-reactive ketones (excluding diaryl/α,β-unsaturated/α-hetero) is 1. The van der Waals surface area contributed by atoms with Gasteiger partial charge in [-0.05, 0) is 19.3 Å². The lowest BCUT2D eigenvalue weighted by atomic mass is 10.1. The van der Waals surface area contributed by atoms with Crippen LogP contribution in [0, 0.1) is 11.8 Å². The monoisotopic (exact) mass is 183 g/mol. The molecule has 0 N–H and O–H groups in total. The Bertz CT molecular complexity index is 189. The van der Waals surface area contributed by atoms with E-state index in [1.807, 2.05) is 13.8 Å². The molecule has 0 bridgehead atoms. The molecule has 1 aliphatic rings. The van der Waals surface area contributed by atoms with Crippen molar-refractivity contribution in [2.24, 2.45) is 11.8 Å². The second-order valence-corrected chi connectivity index (χ2v) is 4.74. The SMILES string of the molecule is CC1CC(C)N(CC(=O)C(C)C)C1. The van der Waals surface area contributed by atoms with Gasteiger partial charge in [-0.15, -0.1) is 0 Å². The first-order valence-corrected chi connectivity index (χ1v) is 5.27. The van der Waals surface area contributed by atoms with Crippen LogP contribution in [-0.4, -0.2) is 29.8 Å². The molecular weight excluding hydrogens is 162 g/mol. The molecule has 1 fully saturated rings. The fourth-order valence-electron chi connectivity index (χ4n) is 1.99. The molecule has 0 spiro atoms. The minimum Gasteiger partial charge on any atom is -0.298 e. The molecule has 0 amide bonds. The van der Waals surface area contributed by atoms with E-state index in [9.17, 15) is 4.79 Å². The Labute approximate surface area is 81.3 Å². The Hall–Kier alpha value is -0.370. The molecule has 1 saturated heterocycles. The van der Waals surface area contributed by atoms with Gasteiger partial charge in [0.05, 0.1) is 6.54 Å². The van der Waals surface area contributed by atoms with Crippen molar-refractivity contribution in [3.63, 3.8) is 0 Å². The third-order valence-electron chi connectivity index (χ3n) is 2.92. The zero-order chi connectivity index (χ0) is 10.0. The Morgan fingerprint density at radius 2 is 2.08 bits per heavy atom. The highest BCUT2D eigenvalue weighted by Crippen LogP contribution is 2.22. The minimum atomic E-state index is 0.183. The van der Waals surface area contributed by atoms with Crippen molar-refractivity contribution in [1.82, 2.24) is 4.90 Å². The topological polar surface area (TPSA) is 20.3 Å². The molecule has 76 valence electrons. The van der Waals surface area contributed by atoms with Gasteiger partial charge in [-0.3, -0.25) is 9.69 Å². The van der Waals surface area contributed by atoms with E-state index in [4.69, 9.17) is 0 Å². The number of likely N-dealkylation sites (tertiary alicyclic amines) is 1. The van der Waals surface area contributed by atoms with Crippen LogP contribution in [0.15, 0.2) is 0 Å². The van der Waals surface area contributed by atoms with E-state index in [1.165, 1.54) is 6.42 Å². The number of nitrogens with zero attached hydrogens (tertiary/aromatic N) is 1. The molecule has 0 aliphatic carbocycles. The Morgan fingerprint density at radius 3 is 2.46 bits per heavy atom. The van der Waals surface area contributed by atoms with Gasteiger partial charge in [-0.1, -0.05) is 20.8 Å². The van der Waals surface area contributed by atoms with Crippen LogP contribution >= 0.6 is 0 Å². The minimum absolute atomic E-state index is 0.183. The summed E-state index contributed by atoms with van der Waals surface area (Å²) in [5, 5.41) is 0. The smallest absolute Gasteiger partial charge is 0.149 e. The standard InChI is InChI=1S/C11H21NO/c1-8(2)11(13)7-12-6-9(3)5-10(12)4/h8-10H,5-7H2,1-4H3. The van der Waals surface area contributed by atoms with Crippen LogP contribution in [0.5, 0.6) is 0 Å². The van der Waals surface area contributed by atoms with Crippen LogP contribution < -0.4 is 0 Å². The Balaban J connectivity index is 2.41. The van der Waals surface area contributed by atoms with E-state index < -0.39 is 0 Å². The number of hydrogen-bond acceptors (Lipinski definition) is 2. The zero-order valence-corrected chi connectivity index (χ0v) is 9.21. The molecule has 2 unspecified atom stereocenters. The molecule has 1 heterocycles. The highest BCUT2D eigenvalue weighted by molar-refractivity contribution is 5.82. The normalized spacial score (nSPS) is 29.9. The van der Waals surface area contributed by atoms with Gasteiger partial charge in [0.15, 0.2) is 0 Å². The van der Waals surface area contributed by atoms with Gasteiger partial charge in [-0.2, -0.15) is 0 Å². The lowest BCUT2D eigenvalue weighted by molar-refractivity contribution is -0.123. The fourth-order valence-corrected chi connectivity index (χ4v) is 1.99. The van der Waals surface area contributed by atoms with Gasteiger partial charge in [0.2, 0.25) is 0 Å². The predicted octanol–water partition coefficient (Wildman–Crippen LogP) is 1.94. The van der Waals surface area contributed by atoms with E-state index in [-0.39, 0.29) is 5.92 Å². The predicted molar refractivity (Wildman–Crippen MR) is 54.7 cm³/mol. The van der Waals surface area contributed by atoms with Gasteiger partial charge in [-0.25, -0.2) is 0 Å². The number of hydrogen-bond donors (Lipinski definition) is 0. The van der Waals surface area contributed by atoms with Gasteiger partial charge < -0.3 is 0 Å². The molecule has 0 aromatic rings. The van der Waals surface area contributed by atoms with E-state index in [0.717, 1.165) is 12.5 Å². The van der Waals surface area contributed by atoms with Crippen LogP contribution in [-0.2, 0) is 4.79 Å². The molecule has 2 heteroatoms. The van der Waals surface area contributed by atoms with E-state index in [0.29, 0.717) is 18.4 Å². The average Bonchev–Trinajstić information content (AvgIpc) is 2.30. The second-order valence-electron chi connectivity index (χ2n) is 4.74. The lowest BCUT2D eigenvalue weighted by Crippen LogP contribution is -2.34. The quantitative estimate of drug-likeness (QED) is 0.666. The van der Waals surface area contributed by atoms with Gasteiger partial charge in [0, 0.05) is 18.5 Å². The van der Waals surface area contributed by atoms with Crippen molar-refractivity contribution in [2.75, 3.05) is 13.1 Å². The van der Waals surface area contributed by atoms with Gasteiger partial charge in [0.1, 0.15) is 5.78 Å². The molecule has 0 aromatic heterocycles. The summed E-state index contributed by atoms with van der Waals surface area (Å²) in [5.41, 5.74) is 0. The molecular formula is C11H21NO.